The summed E-state index contributed by atoms with van der Waals surface area (Å²) in [6.45, 7) is 7.84. The Bertz CT molecular complexity index is 424. The molecule has 1 unspecified atom stereocenters. The third-order valence-corrected chi connectivity index (χ3v) is 4.83. The van der Waals surface area contributed by atoms with Crippen LogP contribution in [0, 0.1) is 3.57 Å². The molecule has 18 heavy (non-hydrogen) atoms. The SMILES string of the molecule is CCC1(C)CN(c2ccc(Cl)cc2I)CCCN1. The van der Waals surface area contributed by atoms with Gasteiger partial charge in [-0.15, -0.1) is 0 Å². The molecule has 1 aliphatic heterocycles. The number of hydrogen-bond donors (Lipinski definition) is 1. The summed E-state index contributed by atoms with van der Waals surface area (Å²) in [7, 11) is 0. The largest absolute Gasteiger partial charge is 0.369 e. The van der Waals surface area contributed by atoms with E-state index in [1.165, 1.54) is 15.7 Å². The minimum absolute atomic E-state index is 0.208. The molecule has 0 bridgehead atoms. The normalized spacial score (nSPS) is 25.0. The molecule has 1 fully saturated rings. The van der Waals surface area contributed by atoms with Gasteiger partial charge in [-0.2, -0.15) is 0 Å². The Balaban J connectivity index is 2.25. The molecule has 0 saturated carbocycles. The Labute approximate surface area is 128 Å². The summed E-state index contributed by atoms with van der Waals surface area (Å²) in [6, 6.07) is 6.17. The van der Waals surface area contributed by atoms with Gasteiger partial charge in [0.15, 0.2) is 0 Å². The van der Waals surface area contributed by atoms with Crippen LogP contribution in [-0.2, 0) is 0 Å². The summed E-state index contributed by atoms with van der Waals surface area (Å²) in [6.07, 6.45) is 2.34. The highest BCUT2D eigenvalue weighted by molar-refractivity contribution is 14.1. The Morgan fingerprint density at radius 1 is 1.50 bits per heavy atom. The maximum Gasteiger partial charge on any atom is 0.0503 e. The van der Waals surface area contributed by atoms with Crippen molar-refractivity contribution in [2.45, 2.75) is 32.2 Å². The van der Waals surface area contributed by atoms with Crippen molar-refractivity contribution in [1.82, 2.24) is 5.32 Å². The molecule has 1 aromatic carbocycles. The van der Waals surface area contributed by atoms with Gasteiger partial charge >= 0.3 is 0 Å². The monoisotopic (exact) mass is 378 g/mol. The van der Waals surface area contributed by atoms with Crippen LogP contribution in [0.4, 0.5) is 5.69 Å². The zero-order chi connectivity index (χ0) is 13.2. The number of anilines is 1. The van der Waals surface area contributed by atoms with Gasteiger partial charge in [0, 0.05) is 27.2 Å². The van der Waals surface area contributed by atoms with Crippen LogP contribution in [0.2, 0.25) is 5.02 Å². The highest BCUT2D eigenvalue weighted by Gasteiger charge is 2.27. The van der Waals surface area contributed by atoms with E-state index < -0.39 is 0 Å². The van der Waals surface area contributed by atoms with Crippen molar-refractivity contribution in [3.63, 3.8) is 0 Å². The highest BCUT2D eigenvalue weighted by atomic mass is 127. The Morgan fingerprint density at radius 3 is 2.94 bits per heavy atom. The molecular weight excluding hydrogens is 359 g/mol. The number of nitrogens with one attached hydrogen (secondary N) is 1. The quantitative estimate of drug-likeness (QED) is 0.785. The molecule has 2 nitrogen and oxygen atoms in total. The van der Waals surface area contributed by atoms with E-state index in [0.717, 1.165) is 31.1 Å². The van der Waals surface area contributed by atoms with E-state index in [4.69, 9.17) is 11.6 Å². The smallest absolute Gasteiger partial charge is 0.0503 e. The van der Waals surface area contributed by atoms with Gasteiger partial charge in [0.2, 0.25) is 0 Å². The van der Waals surface area contributed by atoms with Gasteiger partial charge in [0.25, 0.3) is 0 Å². The van der Waals surface area contributed by atoms with E-state index in [1.807, 2.05) is 12.1 Å². The number of halogens is 2. The van der Waals surface area contributed by atoms with Crippen molar-refractivity contribution in [3.8, 4) is 0 Å². The van der Waals surface area contributed by atoms with Gasteiger partial charge in [-0.3, -0.25) is 0 Å². The lowest BCUT2D eigenvalue weighted by Crippen LogP contribution is -2.48. The van der Waals surface area contributed by atoms with E-state index >= 15 is 0 Å². The van der Waals surface area contributed by atoms with Gasteiger partial charge in [-0.25, -0.2) is 0 Å². The van der Waals surface area contributed by atoms with E-state index in [2.05, 4.69) is 52.7 Å². The fraction of sp³-hybridized carbons (Fsp3) is 0.571. The van der Waals surface area contributed by atoms with Crippen molar-refractivity contribution < 1.29 is 0 Å². The van der Waals surface area contributed by atoms with Gasteiger partial charge in [0.1, 0.15) is 0 Å². The first-order valence-electron chi connectivity index (χ1n) is 6.49. The standard InChI is InChI=1S/C14H20ClIN2/c1-3-14(2)10-18(8-4-7-17-14)13-6-5-11(15)9-12(13)16/h5-6,9,17H,3-4,7-8,10H2,1-2H3. The second kappa shape index (κ2) is 5.97. The second-order valence-electron chi connectivity index (χ2n) is 5.21. The fourth-order valence-electron chi connectivity index (χ4n) is 2.40. The second-order valence-corrected chi connectivity index (χ2v) is 6.81. The van der Waals surface area contributed by atoms with E-state index in [0.29, 0.717) is 0 Å². The molecule has 1 atom stereocenters. The lowest BCUT2D eigenvalue weighted by Gasteiger charge is -2.34. The maximum atomic E-state index is 6.04. The van der Waals surface area contributed by atoms with Crippen LogP contribution in [0.25, 0.3) is 0 Å². The molecule has 2 rings (SSSR count). The van der Waals surface area contributed by atoms with Crippen molar-refractivity contribution in [2.75, 3.05) is 24.5 Å². The predicted octanol–water partition coefficient (Wildman–Crippen LogP) is 3.91. The summed E-state index contributed by atoms with van der Waals surface area (Å²) in [4.78, 5) is 2.49. The lowest BCUT2D eigenvalue weighted by atomic mass is 9.98. The molecule has 0 amide bonds. The molecule has 0 spiro atoms. The summed E-state index contributed by atoms with van der Waals surface area (Å²) in [5.41, 5.74) is 1.52. The van der Waals surface area contributed by atoms with Crippen LogP contribution in [0.3, 0.4) is 0 Å². The molecule has 1 saturated heterocycles. The van der Waals surface area contributed by atoms with Crippen LogP contribution < -0.4 is 10.2 Å². The molecule has 4 heteroatoms. The van der Waals surface area contributed by atoms with Crippen molar-refractivity contribution >= 4 is 39.9 Å². The van der Waals surface area contributed by atoms with Crippen molar-refractivity contribution in [1.29, 1.82) is 0 Å². The molecule has 1 aliphatic rings. The zero-order valence-electron chi connectivity index (χ0n) is 11.0. The summed E-state index contributed by atoms with van der Waals surface area (Å²) in [5.74, 6) is 0. The van der Waals surface area contributed by atoms with Crippen LogP contribution in [-0.4, -0.2) is 25.2 Å². The topological polar surface area (TPSA) is 15.3 Å². The first-order valence-corrected chi connectivity index (χ1v) is 7.95. The molecule has 1 N–H and O–H groups in total. The predicted molar refractivity (Wildman–Crippen MR) is 87.7 cm³/mol. The Morgan fingerprint density at radius 2 is 2.28 bits per heavy atom. The number of benzene rings is 1. The molecule has 1 heterocycles. The average molecular weight is 379 g/mol. The van der Waals surface area contributed by atoms with Crippen molar-refractivity contribution in [2.24, 2.45) is 0 Å². The third kappa shape index (κ3) is 3.31. The lowest BCUT2D eigenvalue weighted by molar-refractivity contribution is 0.366. The van der Waals surface area contributed by atoms with Gasteiger partial charge in [0.05, 0.1) is 5.69 Å². The van der Waals surface area contributed by atoms with E-state index in [9.17, 15) is 0 Å². The van der Waals surface area contributed by atoms with Crippen LogP contribution in [0.5, 0.6) is 0 Å². The minimum Gasteiger partial charge on any atom is -0.369 e. The molecule has 0 aliphatic carbocycles. The van der Waals surface area contributed by atoms with Crippen LogP contribution in [0.1, 0.15) is 26.7 Å². The number of hydrogen-bond acceptors (Lipinski definition) is 2. The third-order valence-electron chi connectivity index (χ3n) is 3.73. The molecule has 0 radical (unpaired) electrons. The summed E-state index contributed by atoms with van der Waals surface area (Å²) in [5, 5.41) is 4.48. The maximum absolute atomic E-state index is 6.04. The molecular formula is C14H20ClIN2. The van der Waals surface area contributed by atoms with Crippen molar-refractivity contribution in [3.05, 3.63) is 26.8 Å². The average Bonchev–Trinajstić information content (AvgIpc) is 2.52. The first-order chi connectivity index (χ1) is 8.54. The minimum atomic E-state index is 0.208. The Hall–Kier alpha value is -0.0000000000000000763. The molecule has 0 aromatic heterocycles. The first kappa shape index (κ1) is 14.4. The number of rotatable bonds is 2. The van der Waals surface area contributed by atoms with E-state index in [1.54, 1.807) is 0 Å². The highest BCUT2D eigenvalue weighted by Crippen LogP contribution is 2.28. The zero-order valence-corrected chi connectivity index (χ0v) is 13.9. The van der Waals surface area contributed by atoms with Crippen LogP contribution >= 0.6 is 34.2 Å². The summed E-state index contributed by atoms with van der Waals surface area (Å²) < 4.78 is 1.24. The van der Waals surface area contributed by atoms with Gasteiger partial charge in [-0.05, 0) is 67.1 Å². The molecule has 100 valence electrons. The molecule has 1 aromatic rings. The Kier molecular flexibility index (Phi) is 4.78. The van der Waals surface area contributed by atoms with Gasteiger partial charge in [-0.1, -0.05) is 18.5 Å². The fourth-order valence-corrected chi connectivity index (χ4v) is 3.61. The summed E-state index contributed by atoms with van der Waals surface area (Å²) >= 11 is 8.41. The van der Waals surface area contributed by atoms with E-state index in [-0.39, 0.29) is 5.54 Å². The van der Waals surface area contributed by atoms with Gasteiger partial charge < -0.3 is 10.2 Å². The number of nitrogens with zero attached hydrogens (tertiary/aromatic N) is 1. The van der Waals surface area contributed by atoms with Crippen LogP contribution in [0.15, 0.2) is 18.2 Å².